The van der Waals surface area contributed by atoms with Gasteiger partial charge in [0.05, 0.1) is 11.0 Å². The van der Waals surface area contributed by atoms with Crippen LogP contribution in [0.3, 0.4) is 0 Å². The first-order valence-corrected chi connectivity index (χ1v) is 7.05. The van der Waals surface area contributed by atoms with Crippen molar-refractivity contribution >= 4 is 20.9 Å². The number of hydrogen-bond acceptors (Lipinski definition) is 3. The monoisotopic (exact) mass is 238 g/mol. The Balaban J connectivity index is 2.56. The number of imidazole rings is 1. The molecule has 0 bridgehead atoms. The zero-order valence-electron chi connectivity index (χ0n) is 9.53. The molecule has 0 aliphatic rings. The molecule has 0 fully saturated rings. The van der Waals surface area contributed by atoms with Crippen molar-refractivity contribution in [2.45, 2.75) is 19.6 Å². The summed E-state index contributed by atoms with van der Waals surface area (Å²) < 4.78 is 22.3. The summed E-state index contributed by atoms with van der Waals surface area (Å²) in [6.07, 6.45) is 1.21. The predicted octanol–water partition coefficient (Wildman–Crippen LogP) is 1.72. The van der Waals surface area contributed by atoms with Gasteiger partial charge in [-0.15, -0.1) is 0 Å². The molecule has 0 aliphatic carbocycles. The molecule has 0 atom stereocenters. The van der Waals surface area contributed by atoms with E-state index in [1.165, 1.54) is 6.26 Å². The van der Waals surface area contributed by atoms with Crippen LogP contribution in [-0.2, 0) is 15.6 Å². The van der Waals surface area contributed by atoms with Crippen LogP contribution in [0.4, 0.5) is 0 Å². The Morgan fingerprint density at radius 2 is 2.00 bits per heavy atom. The maximum atomic E-state index is 11.2. The van der Waals surface area contributed by atoms with Gasteiger partial charge in [0.1, 0.15) is 11.6 Å². The largest absolute Gasteiger partial charge is 0.341 e. The molecule has 2 aromatic rings. The van der Waals surface area contributed by atoms with E-state index in [4.69, 9.17) is 0 Å². The molecule has 1 heterocycles. The molecule has 86 valence electrons. The lowest BCUT2D eigenvalue weighted by atomic mass is 10.1. The van der Waals surface area contributed by atoms with E-state index in [1.807, 2.05) is 26.0 Å². The molecule has 0 amide bonds. The fourth-order valence-corrected chi connectivity index (χ4v) is 2.47. The Kier molecular flexibility index (Phi) is 2.50. The molecule has 0 saturated heterocycles. The van der Waals surface area contributed by atoms with Crippen LogP contribution < -0.4 is 0 Å². The van der Waals surface area contributed by atoms with E-state index in [2.05, 4.69) is 9.97 Å². The van der Waals surface area contributed by atoms with Crippen molar-refractivity contribution in [1.29, 1.82) is 0 Å². The van der Waals surface area contributed by atoms with Crippen LogP contribution in [0.2, 0.25) is 0 Å². The number of fused-ring (bicyclic) bond motifs is 1. The van der Waals surface area contributed by atoms with Gasteiger partial charge in [0.15, 0.2) is 9.84 Å². The molecule has 2 rings (SSSR count). The molecule has 1 aromatic carbocycles. The number of nitrogens with one attached hydrogen (secondary N) is 1. The van der Waals surface area contributed by atoms with Crippen molar-refractivity contribution in [2.75, 3.05) is 6.26 Å². The van der Waals surface area contributed by atoms with Gasteiger partial charge >= 0.3 is 0 Å². The standard InChI is InChI=1S/C11H14N2O2S/c1-7-4-8(2)11-9(5-7)12-10(13-11)6-16(3,14)15/h4-5H,6H2,1-3H3,(H,12,13). The van der Waals surface area contributed by atoms with Crippen molar-refractivity contribution in [3.63, 3.8) is 0 Å². The number of hydrogen-bond donors (Lipinski definition) is 1. The van der Waals surface area contributed by atoms with Crippen molar-refractivity contribution in [3.8, 4) is 0 Å². The maximum Gasteiger partial charge on any atom is 0.154 e. The summed E-state index contributed by atoms with van der Waals surface area (Å²) in [7, 11) is -3.04. The molecule has 0 radical (unpaired) electrons. The minimum absolute atomic E-state index is 0.0415. The van der Waals surface area contributed by atoms with E-state index < -0.39 is 9.84 Å². The molecule has 5 heteroatoms. The van der Waals surface area contributed by atoms with E-state index in [-0.39, 0.29) is 5.75 Å². The number of aromatic amines is 1. The predicted molar refractivity (Wildman–Crippen MR) is 64.1 cm³/mol. The van der Waals surface area contributed by atoms with Gasteiger partial charge in [-0.1, -0.05) is 6.07 Å². The SMILES string of the molecule is Cc1cc(C)c2nc(CS(C)(=O)=O)[nH]c2c1. The first-order chi connectivity index (χ1) is 7.35. The molecule has 4 nitrogen and oxygen atoms in total. The van der Waals surface area contributed by atoms with Crippen LogP contribution in [0.1, 0.15) is 17.0 Å². The van der Waals surface area contributed by atoms with Gasteiger partial charge in [-0.05, 0) is 31.0 Å². The highest BCUT2D eigenvalue weighted by molar-refractivity contribution is 7.89. The molecular formula is C11H14N2O2S. The number of benzene rings is 1. The Hall–Kier alpha value is -1.36. The first-order valence-electron chi connectivity index (χ1n) is 4.99. The zero-order chi connectivity index (χ0) is 11.9. The van der Waals surface area contributed by atoms with Gasteiger partial charge in [0.25, 0.3) is 0 Å². The fraction of sp³-hybridized carbons (Fsp3) is 0.364. The van der Waals surface area contributed by atoms with Crippen LogP contribution in [0.5, 0.6) is 0 Å². The fourth-order valence-electron chi connectivity index (χ4n) is 1.84. The number of aromatic nitrogens is 2. The molecule has 1 aromatic heterocycles. The summed E-state index contributed by atoms with van der Waals surface area (Å²) in [6.45, 7) is 3.98. The first kappa shape index (κ1) is 11.1. The molecule has 0 aliphatic heterocycles. The Labute approximate surface area is 94.6 Å². The summed E-state index contributed by atoms with van der Waals surface area (Å²) >= 11 is 0. The lowest BCUT2D eigenvalue weighted by Gasteiger charge is -1.96. The third kappa shape index (κ3) is 2.24. The third-order valence-electron chi connectivity index (χ3n) is 2.37. The van der Waals surface area contributed by atoms with Crippen molar-refractivity contribution < 1.29 is 8.42 Å². The van der Waals surface area contributed by atoms with Crippen LogP contribution in [0.15, 0.2) is 12.1 Å². The van der Waals surface area contributed by atoms with Gasteiger partial charge in [-0.2, -0.15) is 0 Å². The van der Waals surface area contributed by atoms with Gasteiger partial charge in [0.2, 0.25) is 0 Å². The number of rotatable bonds is 2. The van der Waals surface area contributed by atoms with Gasteiger partial charge < -0.3 is 4.98 Å². The summed E-state index contributed by atoms with van der Waals surface area (Å²) in [5.41, 5.74) is 3.95. The topological polar surface area (TPSA) is 62.8 Å². The second-order valence-corrected chi connectivity index (χ2v) is 6.37. The van der Waals surface area contributed by atoms with E-state index in [0.29, 0.717) is 5.82 Å². The third-order valence-corrected chi connectivity index (χ3v) is 3.17. The number of nitrogens with zero attached hydrogens (tertiary/aromatic N) is 1. The Morgan fingerprint density at radius 3 is 2.62 bits per heavy atom. The highest BCUT2D eigenvalue weighted by Crippen LogP contribution is 2.18. The molecule has 1 N–H and O–H groups in total. The Morgan fingerprint density at radius 1 is 1.31 bits per heavy atom. The van der Waals surface area contributed by atoms with Gasteiger partial charge in [0, 0.05) is 6.26 Å². The van der Waals surface area contributed by atoms with Gasteiger partial charge in [-0.25, -0.2) is 13.4 Å². The number of H-pyrrole nitrogens is 1. The lowest BCUT2D eigenvalue weighted by Crippen LogP contribution is -2.01. The number of sulfone groups is 1. The van der Waals surface area contributed by atoms with E-state index in [9.17, 15) is 8.42 Å². The molecule has 16 heavy (non-hydrogen) atoms. The summed E-state index contributed by atoms with van der Waals surface area (Å²) in [4.78, 5) is 7.35. The van der Waals surface area contributed by atoms with Crippen LogP contribution in [0.25, 0.3) is 11.0 Å². The average molecular weight is 238 g/mol. The van der Waals surface area contributed by atoms with Gasteiger partial charge in [-0.3, -0.25) is 0 Å². The summed E-state index contributed by atoms with van der Waals surface area (Å²) in [6, 6.07) is 4.01. The second kappa shape index (κ2) is 3.59. The quantitative estimate of drug-likeness (QED) is 0.866. The normalized spacial score (nSPS) is 12.2. The van der Waals surface area contributed by atoms with Crippen molar-refractivity contribution in [1.82, 2.24) is 9.97 Å². The summed E-state index contributed by atoms with van der Waals surface area (Å²) in [5.74, 6) is 0.464. The van der Waals surface area contributed by atoms with Crippen LogP contribution in [0, 0.1) is 13.8 Å². The number of aryl methyl sites for hydroxylation is 2. The second-order valence-electron chi connectivity index (χ2n) is 4.23. The minimum atomic E-state index is -3.04. The van der Waals surface area contributed by atoms with Crippen LogP contribution in [-0.4, -0.2) is 24.6 Å². The van der Waals surface area contributed by atoms with Crippen molar-refractivity contribution in [2.24, 2.45) is 0 Å². The molecular weight excluding hydrogens is 224 g/mol. The highest BCUT2D eigenvalue weighted by Gasteiger charge is 2.10. The zero-order valence-corrected chi connectivity index (χ0v) is 10.4. The maximum absolute atomic E-state index is 11.2. The smallest absolute Gasteiger partial charge is 0.154 e. The van der Waals surface area contributed by atoms with E-state index >= 15 is 0 Å². The minimum Gasteiger partial charge on any atom is -0.341 e. The van der Waals surface area contributed by atoms with Crippen LogP contribution >= 0.6 is 0 Å². The lowest BCUT2D eigenvalue weighted by molar-refractivity contribution is 0.600. The highest BCUT2D eigenvalue weighted by atomic mass is 32.2. The molecule has 0 spiro atoms. The Bertz CT molecular complexity index is 641. The summed E-state index contributed by atoms with van der Waals surface area (Å²) in [5, 5.41) is 0. The van der Waals surface area contributed by atoms with Crippen molar-refractivity contribution in [3.05, 3.63) is 29.1 Å². The molecule has 0 unspecified atom stereocenters. The van der Waals surface area contributed by atoms with E-state index in [1.54, 1.807) is 0 Å². The average Bonchev–Trinajstić information content (AvgIpc) is 2.43. The molecule has 0 saturated carbocycles. The van der Waals surface area contributed by atoms with E-state index in [0.717, 1.165) is 22.2 Å².